The van der Waals surface area contributed by atoms with E-state index < -0.39 is 0 Å². The van der Waals surface area contributed by atoms with E-state index in [2.05, 4.69) is 26.2 Å². The van der Waals surface area contributed by atoms with Crippen LogP contribution in [-0.4, -0.2) is 17.5 Å². The Balaban J connectivity index is 2.08. The Hall–Kier alpha value is -1.59. The van der Waals surface area contributed by atoms with Gasteiger partial charge in [-0.15, -0.1) is 0 Å². The molecule has 0 atom stereocenters. The van der Waals surface area contributed by atoms with Crippen LogP contribution in [-0.2, 0) is 0 Å². The molecule has 4 nitrogen and oxygen atoms in total. The molecule has 1 aromatic carbocycles. The lowest BCUT2D eigenvalue weighted by Crippen LogP contribution is -2.12. The van der Waals surface area contributed by atoms with Gasteiger partial charge in [-0.1, -0.05) is 11.6 Å². The van der Waals surface area contributed by atoms with Gasteiger partial charge in [0.05, 0.1) is 23.5 Å². The van der Waals surface area contributed by atoms with Gasteiger partial charge in [-0.25, -0.2) is 4.98 Å². The predicted molar refractivity (Wildman–Crippen MR) is 82.5 cm³/mol. The normalized spacial score (nSPS) is 10.2. The summed E-state index contributed by atoms with van der Waals surface area (Å²) in [7, 11) is 0. The summed E-state index contributed by atoms with van der Waals surface area (Å²) < 4.78 is 5.98. The van der Waals surface area contributed by atoms with Crippen LogP contribution >= 0.6 is 27.5 Å². The van der Waals surface area contributed by atoms with E-state index in [1.54, 1.807) is 36.5 Å². The van der Waals surface area contributed by atoms with Gasteiger partial charge < -0.3 is 10.1 Å². The summed E-state index contributed by atoms with van der Waals surface area (Å²) in [6.45, 7) is 2.44. The number of rotatable bonds is 4. The molecular formula is C14H12BrClN2O2. The Morgan fingerprint density at radius 2 is 2.20 bits per heavy atom. The van der Waals surface area contributed by atoms with Crippen molar-refractivity contribution in [3.63, 3.8) is 0 Å². The van der Waals surface area contributed by atoms with E-state index in [9.17, 15) is 4.79 Å². The van der Waals surface area contributed by atoms with Gasteiger partial charge in [0.15, 0.2) is 0 Å². The topological polar surface area (TPSA) is 51.2 Å². The Kier molecular flexibility index (Phi) is 4.98. The summed E-state index contributed by atoms with van der Waals surface area (Å²) in [5.74, 6) is 0.280. The molecule has 1 aromatic heterocycles. The third-order valence-corrected chi connectivity index (χ3v) is 3.70. The molecule has 1 N–H and O–H groups in total. The highest BCUT2D eigenvalue weighted by Crippen LogP contribution is 2.23. The van der Waals surface area contributed by atoms with E-state index in [4.69, 9.17) is 16.3 Å². The van der Waals surface area contributed by atoms with Crippen LogP contribution in [0.25, 0.3) is 0 Å². The van der Waals surface area contributed by atoms with Crippen molar-refractivity contribution in [3.05, 3.63) is 51.6 Å². The van der Waals surface area contributed by atoms with Crippen molar-refractivity contribution in [1.29, 1.82) is 0 Å². The maximum atomic E-state index is 12.0. The number of carbonyl (C=O) groups is 1. The Morgan fingerprint density at radius 3 is 2.80 bits per heavy atom. The first-order valence-electron chi connectivity index (χ1n) is 5.95. The van der Waals surface area contributed by atoms with Crippen LogP contribution < -0.4 is 10.1 Å². The van der Waals surface area contributed by atoms with E-state index in [1.165, 1.54) is 0 Å². The zero-order valence-electron chi connectivity index (χ0n) is 10.7. The molecule has 0 fully saturated rings. The quantitative estimate of drug-likeness (QED) is 0.896. The molecule has 0 saturated carbocycles. The molecular weight excluding hydrogens is 344 g/mol. The average molecular weight is 356 g/mol. The van der Waals surface area contributed by atoms with E-state index in [0.717, 1.165) is 4.47 Å². The van der Waals surface area contributed by atoms with Gasteiger partial charge in [0, 0.05) is 16.1 Å². The standard InChI is InChI=1S/C14H12BrClN2O2/c1-2-20-13-6-4-10(8-17-13)18-14(19)9-3-5-11(15)12(16)7-9/h3-8H,2H2,1H3,(H,18,19). The lowest BCUT2D eigenvalue weighted by atomic mass is 10.2. The van der Waals surface area contributed by atoms with Crippen LogP contribution in [0.4, 0.5) is 5.69 Å². The van der Waals surface area contributed by atoms with Crippen molar-refractivity contribution in [3.8, 4) is 5.88 Å². The first kappa shape index (κ1) is 14.8. The maximum absolute atomic E-state index is 12.0. The second kappa shape index (κ2) is 6.72. The third-order valence-electron chi connectivity index (χ3n) is 2.47. The number of anilines is 1. The predicted octanol–water partition coefficient (Wildman–Crippen LogP) is 4.15. The highest BCUT2D eigenvalue weighted by molar-refractivity contribution is 9.10. The van der Waals surface area contributed by atoms with Crippen molar-refractivity contribution in [2.45, 2.75) is 6.92 Å². The van der Waals surface area contributed by atoms with E-state index in [1.807, 2.05) is 6.92 Å². The molecule has 104 valence electrons. The molecule has 0 spiro atoms. The molecule has 2 aromatic rings. The van der Waals surface area contributed by atoms with E-state index >= 15 is 0 Å². The van der Waals surface area contributed by atoms with E-state index in [-0.39, 0.29) is 5.91 Å². The van der Waals surface area contributed by atoms with Gasteiger partial charge in [-0.2, -0.15) is 0 Å². The number of nitrogens with zero attached hydrogens (tertiary/aromatic N) is 1. The van der Waals surface area contributed by atoms with Crippen molar-refractivity contribution in [2.75, 3.05) is 11.9 Å². The van der Waals surface area contributed by atoms with Crippen LogP contribution in [0.3, 0.4) is 0 Å². The molecule has 1 amide bonds. The molecule has 6 heteroatoms. The van der Waals surface area contributed by atoms with Gasteiger partial charge in [-0.05, 0) is 47.1 Å². The Bertz CT molecular complexity index is 617. The highest BCUT2D eigenvalue weighted by Gasteiger charge is 2.08. The van der Waals surface area contributed by atoms with Crippen LogP contribution in [0.2, 0.25) is 5.02 Å². The molecule has 0 saturated heterocycles. The van der Waals surface area contributed by atoms with Crippen LogP contribution in [0, 0.1) is 0 Å². The number of hydrogen-bond acceptors (Lipinski definition) is 3. The molecule has 1 heterocycles. The zero-order chi connectivity index (χ0) is 14.5. The molecule has 20 heavy (non-hydrogen) atoms. The number of hydrogen-bond donors (Lipinski definition) is 1. The SMILES string of the molecule is CCOc1ccc(NC(=O)c2ccc(Br)c(Cl)c2)cn1. The number of carbonyl (C=O) groups excluding carboxylic acids is 1. The summed E-state index contributed by atoms with van der Waals surface area (Å²) in [4.78, 5) is 16.1. The second-order valence-electron chi connectivity index (χ2n) is 3.90. The summed E-state index contributed by atoms with van der Waals surface area (Å²) in [6, 6.07) is 8.45. The molecule has 0 aliphatic carbocycles. The van der Waals surface area contributed by atoms with Gasteiger partial charge in [0.1, 0.15) is 0 Å². The number of benzene rings is 1. The minimum Gasteiger partial charge on any atom is -0.478 e. The number of nitrogens with one attached hydrogen (secondary N) is 1. The lowest BCUT2D eigenvalue weighted by Gasteiger charge is -2.07. The first-order chi connectivity index (χ1) is 9.60. The molecule has 0 radical (unpaired) electrons. The summed E-state index contributed by atoms with van der Waals surface area (Å²) in [5.41, 5.74) is 1.07. The molecule has 0 unspecified atom stereocenters. The van der Waals surface area contributed by atoms with Gasteiger partial charge in [0.2, 0.25) is 5.88 Å². The monoisotopic (exact) mass is 354 g/mol. The minimum absolute atomic E-state index is 0.245. The van der Waals surface area contributed by atoms with Crippen molar-refractivity contribution >= 4 is 39.1 Å². The molecule has 0 bridgehead atoms. The summed E-state index contributed by atoms with van der Waals surface area (Å²) >= 11 is 9.24. The Labute approximate surface area is 130 Å². The van der Waals surface area contributed by atoms with Gasteiger partial charge in [-0.3, -0.25) is 4.79 Å². The summed E-state index contributed by atoms with van der Waals surface area (Å²) in [5, 5.41) is 3.23. The second-order valence-corrected chi connectivity index (χ2v) is 5.16. The smallest absolute Gasteiger partial charge is 0.255 e. The van der Waals surface area contributed by atoms with Crippen molar-refractivity contribution in [1.82, 2.24) is 4.98 Å². The Morgan fingerprint density at radius 1 is 1.40 bits per heavy atom. The fourth-order valence-corrected chi connectivity index (χ4v) is 1.96. The highest BCUT2D eigenvalue weighted by atomic mass is 79.9. The number of ether oxygens (including phenoxy) is 1. The van der Waals surface area contributed by atoms with Crippen LogP contribution in [0.5, 0.6) is 5.88 Å². The van der Waals surface area contributed by atoms with Crippen LogP contribution in [0.1, 0.15) is 17.3 Å². The molecule has 0 aliphatic heterocycles. The number of amides is 1. The zero-order valence-corrected chi connectivity index (χ0v) is 13.0. The van der Waals surface area contributed by atoms with Crippen LogP contribution in [0.15, 0.2) is 41.0 Å². The number of pyridine rings is 1. The largest absolute Gasteiger partial charge is 0.478 e. The third kappa shape index (κ3) is 3.71. The maximum Gasteiger partial charge on any atom is 0.255 e. The fraction of sp³-hybridized carbons (Fsp3) is 0.143. The van der Waals surface area contributed by atoms with E-state index in [0.29, 0.717) is 28.8 Å². The lowest BCUT2D eigenvalue weighted by molar-refractivity contribution is 0.102. The average Bonchev–Trinajstić information content (AvgIpc) is 2.44. The molecule has 2 rings (SSSR count). The summed E-state index contributed by atoms with van der Waals surface area (Å²) in [6.07, 6.45) is 1.54. The number of halogens is 2. The molecule has 0 aliphatic rings. The van der Waals surface area contributed by atoms with Gasteiger partial charge in [0.25, 0.3) is 5.91 Å². The number of aromatic nitrogens is 1. The van der Waals surface area contributed by atoms with Gasteiger partial charge >= 0.3 is 0 Å². The minimum atomic E-state index is -0.245. The fourth-order valence-electron chi connectivity index (χ4n) is 1.53. The van der Waals surface area contributed by atoms with Crippen molar-refractivity contribution < 1.29 is 9.53 Å². The first-order valence-corrected chi connectivity index (χ1v) is 7.12. The van der Waals surface area contributed by atoms with Crippen molar-refractivity contribution in [2.24, 2.45) is 0 Å².